The Bertz CT molecular complexity index is 195. The molecule has 1 rings (SSSR count). The van der Waals surface area contributed by atoms with E-state index in [1.165, 1.54) is 19.3 Å². The zero-order chi connectivity index (χ0) is 11.1. The number of nitrogens with one attached hydrogen (secondary N) is 1. The fourth-order valence-corrected chi connectivity index (χ4v) is 2.66. The predicted octanol–water partition coefficient (Wildman–Crippen LogP) is 2.80. The number of hydrogen-bond donors (Lipinski definition) is 1. The quantitative estimate of drug-likeness (QED) is 0.760. The average molecular weight is 250 g/mol. The monoisotopic (exact) mass is 249 g/mol. The van der Waals surface area contributed by atoms with Gasteiger partial charge in [0.25, 0.3) is 0 Å². The van der Waals surface area contributed by atoms with Crippen molar-refractivity contribution in [2.24, 2.45) is 0 Å². The molecule has 1 amide bonds. The van der Waals surface area contributed by atoms with Gasteiger partial charge >= 0.3 is 0 Å². The Balaban J connectivity index is 2.20. The normalized spacial score (nSPS) is 19.9. The molecule has 0 spiro atoms. The van der Waals surface area contributed by atoms with Crippen LogP contribution in [0.3, 0.4) is 0 Å². The Kier molecular flexibility index (Phi) is 6.50. The second-order valence-electron chi connectivity index (χ2n) is 4.09. The zero-order valence-corrected chi connectivity index (χ0v) is 10.9. The highest BCUT2D eigenvalue weighted by Crippen LogP contribution is 2.18. The zero-order valence-electron chi connectivity index (χ0n) is 9.30. The molecule has 0 radical (unpaired) electrons. The lowest BCUT2D eigenvalue weighted by atomic mass is 9.95. The van der Waals surface area contributed by atoms with Crippen LogP contribution in [0.5, 0.6) is 0 Å². The maximum atomic E-state index is 11.7. The lowest BCUT2D eigenvalue weighted by Crippen LogP contribution is -2.40. The number of alkyl halides is 1. The molecule has 0 bridgehead atoms. The molecular weight excluding hydrogens is 230 g/mol. The van der Waals surface area contributed by atoms with E-state index in [9.17, 15) is 4.79 Å². The third-order valence-electron chi connectivity index (χ3n) is 2.81. The van der Waals surface area contributed by atoms with Crippen LogP contribution in [0.4, 0.5) is 0 Å². The first kappa shape index (κ1) is 13.2. The van der Waals surface area contributed by atoms with E-state index in [1.54, 1.807) is 11.8 Å². The number of carbonyl (C=O) groups excluding carboxylic acids is 1. The molecule has 1 aliphatic rings. The van der Waals surface area contributed by atoms with Crippen molar-refractivity contribution >= 4 is 29.3 Å². The van der Waals surface area contributed by atoms with Gasteiger partial charge in [-0.05, 0) is 31.3 Å². The summed E-state index contributed by atoms with van der Waals surface area (Å²) in [5, 5.41) is 2.70. The van der Waals surface area contributed by atoms with Crippen LogP contribution in [0.1, 0.15) is 38.5 Å². The van der Waals surface area contributed by atoms with Gasteiger partial charge < -0.3 is 5.32 Å². The Labute approximate surface area is 102 Å². The molecule has 1 fully saturated rings. The Morgan fingerprint density at radius 3 is 2.73 bits per heavy atom. The minimum Gasteiger partial charge on any atom is -0.352 e. The molecule has 1 saturated carbocycles. The molecule has 1 aliphatic carbocycles. The van der Waals surface area contributed by atoms with E-state index in [2.05, 4.69) is 5.32 Å². The van der Waals surface area contributed by atoms with Gasteiger partial charge in [0.2, 0.25) is 5.91 Å². The van der Waals surface area contributed by atoms with Gasteiger partial charge in [-0.2, -0.15) is 11.8 Å². The second-order valence-corrected chi connectivity index (χ2v) is 5.60. The lowest BCUT2D eigenvalue weighted by molar-refractivity contribution is -0.121. The van der Waals surface area contributed by atoms with Crippen LogP contribution in [0.15, 0.2) is 0 Å². The highest BCUT2D eigenvalue weighted by atomic mass is 35.5. The van der Waals surface area contributed by atoms with Crippen molar-refractivity contribution in [2.45, 2.75) is 49.9 Å². The maximum absolute atomic E-state index is 11.7. The van der Waals surface area contributed by atoms with Crippen molar-refractivity contribution in [3.8, 4) is 0 Å². The van der Waals surface area contributed by atoms with E-state index >= 15 is 0 Å². The summed E-state index contributed by atoms with van der Waals surface area (Å²) in [4.78, 5) is 11.7. The first-order valence-corrected chi connectivity index (χ1v) is 7.50. The van der Waals surface area contributed by atoms with E-state index in [4.69, 9.17) is 11.6 Å². The van der Waals surface area contributed by atoms with Gasteiger partial charge in [-0.25, -0.2) is 0 Å². The van der Waals surface area contributed by atoms with Crippen molar-refractivity contribution in [2.75, 3.05) is 12.0 Å². The Hall–Kier alpha value is 0.110. The highest BCUT2D eigenvalue weighted by Gasteiger charge is 2.20. The molecule has 0 aliphatic heterocycles. The average Bonchev–Trinajstić information content (AvgIpc) is 2.27. The van der Waals surface area contributed by atoms with Crippen LogP contribution in [-0.2, 0) is 4.79 Å². The molecule has 0 saturated heterocycles. The minimum atomic E-state index is -0.348. The summed E-state index contributed by atoms with van der Waals surface area (Å²) in [5.74, 6) is 0.976. The number of rotatable bonds is 5. The van der Waals surface area contributed by atoms with E-state index in [0.29, 0.717) is 6.04 Å². The van der Waals surface area contributed by atoms with Crippen LogP contribution in [0.2, 0.25) is 0 Å². The molecule has 1 atom stereocenters. The fourth-order valence-electron chi connectivity index (χ4n) is 1.89. The van der Waals surface area contributed by atoms with Crippen LogP contribution < -0.4 is 5.32 Å². The second kappa shape index (κ2) is 7.39. The minimum absolute atomic E-state index is 0.0256. The van der Waals surface area contributed by atoms with Crippen LogP contribution in [0, 0.1) is 0 Å². The van der Waals surface area contributed by atoms with Gasteiger partial charge in [0, 0.05) is 6.04 Å². The fraction of sp³-hybridized carbons (Fsp3) is 0.909. The van der Waals surface area contributed by atoms with Crippen LogP contribution >= 0.6 is 23.4 Å². The maximum Gasteiger partial charge on any atom is 0.238 e. The van der Waals surface area contributed by atoms with Crippen molar-refractivity contribution in [3.63, 3.8) is 0 Å². The molecule has 2 nitrogen and oxygen atoms in total. The SMILES string of the molecule is CSCCC(Cl)C(=O)NC1CCCCC1. The van der Waals surface area contributed by atoms with Crippen LogP contribution in [-0.4, -0.2) is 29.3 Å². The molecule has 0 heterocycles. The summed E-state index contributed by atoms with van der Waals surface area (Å²) in [6, 6.07) is 0.377. The summed E-state index contributed by atoms with van der Waals surface area (Å²) in [6.07, 6.45) is 8.83. The topological polar surface area (TPSA) is 29.1 Å². The summed E-state index contributed by atoms with van der Waals surface area (Å²) >= 11 is 7.73. The van der Waals surface area contributed by atoms with Crippen LogP contribution in [0.25, 0.3) is 0 Å². The van der Waals surface area contributed by atoms with Gasteiger partial charge in [-0.15, -0.1) is 11.6 Å². The smallest absolute Gasteiger partial charge is 0.238 e. The molecular formula is C11H20ClNOS. The van der Waals surface area contributed by atoms with Crippen molar-refractivity contribution in [1.29, 1.82) is 0 Å². The number of carbonyl (C=O) groups is 1. The highest BCUT2D eigenvalue weighted by molar-refractivity contribution is 7.98. The molecule has 0 aromatic carbocycles. The summed E-state index contributed by atoms with van der Waals surface area (Å²) in [7, 11) is 0. The molecule has 0 aromatic heterocycles. The summed E-state index contributed by atoms with van der Waals surface area (Å²) < 4.78 is 0. The number of thioether (sulfide) groups is 1. The Morgan fingerprint density at radius 1 is 1.47 bits per heavy atom. The molecule has 1 unspecified atom stereocenters. The first-order valence-electron chi connectivity index (χ1n) is 5.67. The predicted molar refractivity (Wildman–Crippen MR) is 67.7 cm³/mol. The largest absolute Gasteiger partial charge is 0.352 e. The van der Waals surface area contributed by atoms with E-state index < -0.39 is 0 Å². The van der Waals surface area contributed by atoms with Gasteiger partial charge in [-0.3, -0.25) is 4.79 Å². The van der Waals surface area contributed by atoms with E-state index in [0.717, 1.165) is 25.0 Å². The number of halogens is 1. The van der Waals surface area contributed by atoms with Gasteiger partial charge in [0.05, 0.1) is 0 Å². The molecule has 4 heteroatoms. The van der Waals surface area contributed by atoms with Crippen molar-refractivity contribution in [3.05, 3.63) is 0 Å². The standard InChI is InChI=1S/C11H20ClNOS/c1-15-8-7-10(12)11(14)13-9-5-3-2-4-6-9/h9-10H,2-8H2,1H3,(H,13,14). The lowest BCUT2D eigenvalue weighted by Gasteiger charge is -2.23. The van der Waals surface area contributed by atoms with Gasteiger partial charge in [0.15, 0.2) is 0 Å². The summed E-state index contributed by atoms with van der Waals surface area (Å²) in [5.41, 5.74) is 0. The van der Waals surface area contributed by atoms with E-state index in [1.807, 2.05) is 6.26 Å². The summed E-state index contributed by atoms with van der Waals surface area (Å²) in [6.45, 7) is 0. The first-order chi connectivity index (χ1) is 7.24. The third kappa shape index (κ3) is 5.12. The van der Waals surface area contributed by atoms with Gasteiger partial charge in [0.1, 0.15) is 5.38 Å². The van der Waals surface area contributed by atoms with E-state index in [-0.39, 0.29) is 11.3 Å². The Morgan fingerprint density at radius 2 is 2.13 bits per heavy atom. The molecule has 15 heavy (non-hydrogen) atoms. The third-order valence-corrected chi connectivity index (χ3v) is 3.87. The number of hydrogen-bond acceptors (Lipinski definition) is 2. The van der Waals surface area contributed by atoms with Crippen molar-refractivity contribution < 1.29 is 4.79 Å². The molecule has 0 aromatic rings. The molecule has 88 valence electrons. The number of amides is 1. The molecule has 1 N–H and O–H groups in total. The van der Waals surface area contributed by atoms with Crippen molar-refractivity contribution in [1.82, 2.24) is 5.32 Å². The van der Waals surface area contributed by atoms with Gasteiger partial charge in [-0.1, -0.05) is 19.3 Å².